The monoisotopic (exact) mass is 464 g/mol. The second-order valence-corrected chi connectivity index (χ2v) is 9.88. The molecule has 3 aromatic rings. The Morgan fingerprint density at radius 2 is 1.85 bits per heavy atom. The highest BCUT2D eigenvalue weighted by molar-refractivity contribution is 7.89. The van der Waals surface area contributed by atoms with Crippen molar-refractivity contribution in [1.29, 1.82) is 0 Å². The van der Waals surface area contributed by atoms with Gasteiger partial charge in [0, 0.05) is 17.3 Å². The summed E-state index contributed by atoms with van der Waals surface area (Å²) in [5.74, 6) is 0.354. The third kappa shape index (κ3) is 5.26. The fourth-order valence-electron chi connectivity index (χ4n) is 4.13. The van der Waals surface area contributed by atoms with Crippen molar-refractivity contribution in [3.8, 4) is 5.75 Å². The zero-order valence-corrected chi connectivity index (χ0v) is 19.6. The number of sulfonamides is 1. The molecule has 0 saturated heterocycles. The lowest BCUT2D eigenvalue weighted by Gasteiger charge is -2.27. The van der Waals surface area contributed by atoms with E-state index < -0.39 is 10.0 Å². The number of benzene rings is 3. The van der Waals surface area contributed by atoms with E-state index in [9.17, 15) is 13.2 Å². The molecule has 0 unspecified atom stereocenters. The Kier molecular flexibility index (Phi) is 6.81. The molecule has 4 rings (SSSR count). The normalized spacial score (nSPS) is 15.5. The van der Waals surface area contributed by atoms with Crippen LogP contribution in [0.4, 0.5) is 5.69 Å². The first-order chi connectivity index (χ1) is 15.9. The number of ether oxygens (including phenoxy) is 1. The van der Waals surface area contributed by atoms with Crippen LogP contribution in [0.5, 0.6) is 5.75 Å². The van der Waals surface area contributed by atoms with E-state index in [1.54, 1.807) is 43.5 Å². The number of anilines is 1. The number of hydrogen-bond donors (Lipinski definition) is 2. The first-order valence-corrected chi connectivity index (χ1v) is 12.6. The van der Waals surface area contributed by atoms with Gasteiger partial charge in [-0.2, -0.15) is 0 Å². The van der Waals surface area contributed by atoms with Gasteiger partial charge >= 0.3 is 0 Å². The summed E-state index contributed by atoms with van der Waals surface area (Å²) in [5.41, 5.74) is 4.20. The zero-order chi connectivity index (χ0) is 23.4. The Morgan fingerprint density at radius 3 is 2.58 bits per heavy atom. The van der Waals surface area contributed by atoms with Crippen molar-refractivity contribution in [2.45, 2.75) is 43.5 Å². The predicted octanol–water partition coefficient (Wildman–Crippen LogP) is 4.87. The lowest BCUT2D eigenvalue weighted by Crippen LogP contribution is -2.31. The maximum Gasteiger partial charge on any atom is 0.255 e. The maximum atomic E-state index is 13.0. The summed E-state index contributed by atoms with van der Waals surface area (Å²) < 4.78 is 34.1. The number of rotatable bonds is 7. The van der Waals surface area contributed by atoms with Crippen LogP contribution >= 0.6 is 0 Å². The van der Waals surface area contributed by atoms with Crippen LogP contribution in [-0.4, -0.2) is 21.4 Å². The molecule has 172 valence electrons. The quantitative estimate of drug-likeness (QED) is 0.523. The Morgan fingerprint density at radius 1 is 1.06 bits per heavy atom. The van der Waals surface area contributed by atoms with Crippen molar-refractivity contribution in [3.63, 3.8) is 0 Å². The second kappa shape index (κ2) is 9.77. The fourth-order valence-corrected chi connectivity index (χ4v) is 5.38. The number of hydrogen-bond acceptors (Lipinski definition) is 4. The molecule has 6 nitrogen and oxygen atoms in total. The molecular formula is C26H28N2O4S. The summed E-state index contributed by atoms with van der Waals surface area (Å²) in [5, 5.41) is 2.92. The van der Waals surface area contributed by atoms with Gasteiger partial charge in [-0.05, 0) is 84.8 Å². The van der Waals surface area contributed by atoms with Crippen molar-refractivity contribution in [1.82, 2.24) is 4.72 Å². The van der Waals surface area contributed by atoms with Crippen LogP contribution in [-0.2, 0) is 22.9 Å². The maximum absolute atomic E-state index is 13.0. The zero-order valence-electron chi connectivity index (χ0n) is 18.8. The van der Waals surface area contributed by atoms with E-state index in [4.69, 9.17) is 4.74 Å². The smallest absolute Gasteiger partial charge is 0.255 e. The molecule has 0 heterocycles. The topological polar surface area (TPSA) is 84.5 Å². The van der Waals surface area contributed by atoms with E-state index in [0.29, 0.717) is 23.4 Å². The number of methoxy groups -OCH3 is 1. The van der Waals surface area contributed by atoms with Crippen LogP contribution in [0.2, 0.25) is 0 Å². The van der Waals surface area contributed by atoms with Crippen LogP contribution < -0.4 is 14.8 Å². The van der Waals surface area contributed by atoms with Gasteiger partial charge in [0.25, 0.3) is 5.91 Å². The molecule has 1 atom stereocenters. The summed E-state index contributed by atoms with van der Waals surface area (Å²) >= 11 is 0. The average molecular weight is 465 g/mol. The standard InChI is InChI=1S/C26H28N2O4S/c1-3-18-10-14-23(15-11-18)33(30,31)28-25-9-5-6-19-12-13-21(17-24(19)25)27-26(29)20-7-4-8-22(16-20)32-2/h4,7-8,10-17,25,28H,3,5-6,9H2,1-2H3,(H,27,29)/t25-/m0/s1. The molecule has 0 fully saturated rings. The molecule has 3 aromatic carbocycles. The number of fused-ring (bicyclic) bond motifs is 1. The molecule has 7 heteroatoms. The van der Waals surface area contributed by atoms with Gasteiger partial charge in [-0.1, -0.05) is 31.2 Å². The van der Waals surface area contributed by atoms with E-state index >= 15 is 0 Å². The van der Waals surface area contributed by atoms with Crippen molar-refractivity contribution < 1.29 is 17.9 Å². The van der Waals surface area contributed by atoms with Crippen LogP contribution in [0.3, 0.4) is 0 Å². The minimum atomic E-state index is -3.67. The Labute approximate surface area is 195 Å². The van der Waals surface area contributed by atoms with Crippen molar-refractivity contribution in [2.24, 2.45) is 0 Å². The molecule has 2 N–H and O–H groups in total. The first-order valence-electron chi connectivity index (χ1n) is 11.1. The predicted molar refractivity (Wildman–Crippen MR) is 129 cm³/mol. The molecule has 0 aromatic heterocycles. The van der Waals surface area contributed by atoms with Gasteiger partial charge in [0.05, 0.1) is 12.0 Å². The molecule has 1 amide bonds. The highest BCUT2D eigenvalue weighted by Crippen LogP contribution is 2.33. The summed E-state index contributed by atoms with van der Waals surface area (Å²) in [6.07, 6.45) is 3.33. The average Bonchev–Trinajstić information content (AvgIpc) is 2.84. The van der Waals surface area contributed by atoms with Crippen LogP contribution in [0.1, 0.15) is 52.9 Å². The third-order valence-electron chi connectivity index (χ3n) is 5.99. The SMILES string of the molecule is CCc1ccc(S(=O)(=O)N[C@H]2CCCc3ccc(NC(=O)c4cccc(OC)c4)cc32)cc1. The summed E-state index contributed by atoms with van der Waals surface area (Å²) in [7, 11) is -2.11. The molecule has 1 aliphatic rings. The molecule has 0 spiro atoms. The van der Waals surface area contributed by atoms with E-state index in [2.05, 4.69) is 10.0 Å². The Balaban J connectivity index is 1.55. The Hall–Kier alpha value is -3.16. The molecule has 1 aliphatic carbocycles. The molecule has 0 radical (unpaired) electrons. The minimum Gasteiger partial charge on any atom is -0.497 e. The number of amides is 1. The molecule has 33 heavy (non-hydrogen) atoms. The highest BCUT2D eigenvalue weighted by atomic mass is 32.2. The first kappa shape index (κ1) is 23.0. The molecule has 0 bridgehead atoms. The van der Waals surface area contributed by atoms with E-state index in [1.807, 2.05) is 37.3 Å². The molecule has 0 aliphatic heterocycles. The van der Waals surface area contributed by atoms with Gasteiger partial charge < -0.3 is 10.1 Å². The summed E-state index contributed by atoms with van der Waals surface area (Å²) in [6, 6.07) is 19.3. The van der Waals surface area contributed by atoms with Crippen LogP contribution in [0, 0.1) is 0 Å². The number of carbonyl (C=O) groups is 1. The van der Waals surface area contributed by atoms with Crippen molar-refractivity contribution >= 4 is 21.6 Å². The molecular weight excluding hydrogens is 436 g/mol. The van der Waals surface area contributed by atoms with Crippen molar-refractivity contribution in [3.05, 3.63) is 89.0 Å². The van der Waals surface area contributed by atoms with Gasteiger partial charge in [-0.15, -0.1) is 0 Å². The molecule has 0 saturated carbocycles. The Bertz CT molecular complexity index is 1250. The van der Waals surface area contributed by atoms with Gasteiger partial charge in [0.1, 0.15) is 5.75 Å². The summed E-state index contributed by atoms with van der Waals surface area (Å²) in [4.78, 5) is 13.0. The second-order valence-electron chi connectivity index (χ2n) is 8.16. The number of carbonyl (C=O) groups excluding carboxylic acids is 1. The highest BCUT2D eigenvalue weighted by Gasteiger charge is 2.26. The lowest BCUT2D eigenvalue weighted by molar-refractivity contribution is 0.102. The number of aryl methyl sites for hydroxylation is 2. The lowest BCUT2D eigenvalue weighted by atomic mass is 9.88. The van der Waals surface area contributed by atoms with Gasteiger partial charge in [-0.3, -0.25) is 4.79 Å². The number of nitrogens with one attached hydrogen (secondary N) is 2. The van der Waals surface area contributed by atoms with Gasteiger partial charge in [-0.25, -0.2) is 13.1 Å². The van der Waals surface area contributed by atoms with Gasteiger partial charge in [0.15, 0.2) is 0 Å². The van der Waals surface area contributed by atoms with Gasteiger partial charge in [0.2, 0.25) is 10.0 Å². The van der Waals surface area contributed by atoms with Crippen molar-refractivity contribution in [2.75, 3.05) is 12.4 Å². The minimum absolute atomic E-state index is 0.252. The fraction of sp³-hybridized carbons (Fsp3) is 0.269. The van der Waals surface area contributed by atoms with E-state index in [0.717, 1.165) is 36.0 Å². The third-order valence-corrected chi connectivity index (χ3v) is 7.48. The van der Waals surface area contributed by atoms with Crippen LogP contribution in [0.15, 0.2) is 71.6 Å². The largest absolute Gasteiger partial charge is 0.497 e. The van der Waals surface area contributed by atoms with Crippen LogP contribution in [0.25, 0.3) is 0 Å². The van der Waals surface area contributed by atoms with E-state index in [-0.39, 0.29) is 16.8 Å². The summed E-state index contributed by atoms with van der Waals surface area (Å²) in [6.45, 7) is 2.03. The van der Waals surface area contributed by atoms with E-state index in [1.165, 1.54) is 0 Å².